The van der Waals surface area contributed by atoms with Crippen LogP contribution in [0.3, 0.4) is 0 Å². The molecule has 2 N–H and O–H groups in total. The van der Waals surface area contributed by atoms with E-state index in [1.54, 1.807) is 6.20 Å². The first-order chi connectivity index (χ1) is 11.6. The van der Waals surface area contributed by atoms with Crippen LogP contribution in [0.25, 0.3) is 0 Å². The topological polar surface area (TPSA) is 62.2 Å². The lowest BCUT2D eigenvalue weighted by Gasteiger charge is -2.19. The Balaban J connectivity index is 1.60. The molecule has 24 heavy (non-hydrogen) atoms. The summed E-state index contributed by atoms with van der Waals surface area (Å²) in [5.74, 6) is -0.0248. The maximum absolute atomic E-state index is 12.7. The van der Waals surface area contributed by atoms with Crippen LogP contribution < -0.4 is 5.32 Å². The van der Waals surface area contributed by atoms with Crippen molar-refractivity contribution < 1.29 is 9.90 Å². The van der Waals surface area contributed by atoms with E-state index in [4.69, 9.17) is 11.6 Å². The van der Waals surface area contributed by atoms with Crippen molar-refractivity contribution in [1.29, 1.82) is 0 Å². The molecule has 1 atom stereocenters. The number of hydrogen-bond donors (Lipinski definition) is 2. The molecule has 0 spiro atoms. The van der Waals surface area contributed by atoms with Gasteiger partial charge in [0.05, 0.1) is 5.41 Å². The molecule has 1 aliphatic carbocycles. The number of halogens is 1. The van der Waals surface area contributed by atoms with Gasteiger partial charge in [-0.15, -0.1) is 0 Å². The van der Waals surface area contributed by atoms with Crippen molar-refractivity contribution in [2.45, 2.75) is 24.7 Å². The predicted molar refractivity (Wildman–Crippen MR) is 93.9 cm³/mol. The molecule has 1 saturated carbocycles. The molecule has 1 unspecified atom stereocenters. The number of aliphatic hydroxyl groups excluding tert-OH is 1. The zero-order valence-electron chi connectivity index (χ0n) is 13.4. The van der Waals surface area contributed by atoms with Crippen LogP contribution in [0.1, 0.15) is 24.1 Å². The average molecular weight is 345 g/mol. The molecule has 1 fully saturated rings. The molecule has 0 saturated heterocycles. The zero-order chi connectivity index (χ0) is 17.0. The summed E-state index contributed by atoms with van der Waals surface area (Å²) in [6, 6.07) is 13.2. The molecule has 1 aromatic carbocycles. The van der Waals surface area contributed by atoms with Crippen molar-refractivity contribution in [2.24, 2.45) is 5.92 Å². The second-order valence-electron chi connectivity index (χ2n) is 6.38. The van der Waals surface area contributed by atoms with Gasteiger partial charge in [0, 0.05) is 36.0 Å². The van der Waals surface area contributed by atoms with Gasteiger partial charge in [-0.25, -0.2) is 0 Å². The Hall–Kier alpha value is -1.91. The van der Waals surface area contributed by atoms with Gasteiger partial charge in [0.15, 0.2) is 0 Å². The fraction of sp³-hybridized carbons (Fsp3) is 0.368. The second kappa shape index (κ2) is 7.32. The van der Waals surface area contributed by atoms with Crippen LogP contribution in [-0.4, -0.2) is 29.1 Å². The third kappa shape index (κ3) is 3.77. The molecule has 1 amide bonds. The summed E-state index contributed by atoms with van der Waals surface area (Å²) in [7, 11) is 0. The Labute approximate surface area is 146 Å². The molecular weight excluding hydrogens is 324 g/mol. The first kappa shape index (κ1) is 16.9. The summed E-state index contributed by atoms with van der Waals surface area (Å²) in [5, 5.41) is 13.2. The molecule has 0 bridgehead atoms. The molecular formula is C19H21ClN2O2. The van der Waals surface area contributed by atoms with Gasteiger partial charge in [-0.2, -0.15) is 0 Å². The maximum atomic E-state index is 12.7. The lowest BCUT2D eigenvalue weighted by Crippen LogP contribution is -2.39. The van der Waals surface area contributed by atoms with E-state index in [0.717, 1.165) is 24.1 Å². The van der Waals surface area contributed by atoms with E-state index >= 15 is 0 Å². The number of carbonyl (C=O) groups excluding carboxylic acids is 1. The summed E-state index contributed by atoms with van der Waals surface area (Å²) in [6.45, 7) is 0.454. The number of aromatic nitrogens is 1. The number of amides is 1. The number of nitrogens with one attached hydrogen (secondary N) is 1. The summed E-state index contributed by atoms with van der Waals surface area (Å²) in [4.78, 5) is 16.9. The standard InChI is InChI=1S/C19H21ClN2O2/c20-16-5-3-4-15(11-16)19(7-8-19)18(24)22-12-14(13-23)10-17-6-1-2-9-21-17/h1-6,9,11,14,23H,7-8,10,12-13H2,(H,22,24). The van der Waals surface area contributed by atoms with Crippen molar-refractivity contribution in [3.8, 4) is 0 Å². The number of aliphatic hydroxyl groups is 1. The van der Waals surface area contributed by atoms with Crippen LogP contribution in [-0.2, 0) is 16.6 Å². The number of rotatable bonds is 7. The Kier molecular flexibility index (Phi) is 5.17. The van der Waals surface area contributed by atoms with Crippen molar-refractivity contribution in [3.05, 3.63) is 64.9 Å². The van der Waals surface area contributed by atoms with E-state index in [9.17, 15) is 9.90 Å². The van der Waals surface area contributed by atoms with Crippen LogP contribution in [0.2, 0.25) is 5.02 Å². The van der Waals surface area contributed by atoms with Crippen LogP contribution in [0.5, 0.6) is 0 Å². The Morgan fingerprint density at radius 2 is 2.12 bits per heavy atom. The zero-order valence-corrected chi connectivity index (χ0v) is 14.2. The minimum absolute atomic E-state index is 0.0149. The predicted octanol–water partition coefficient (Wildman–Crippen LogP) is 2.73. The van der Waals surface area contributed by atoms with E-state index in [2.05, 4.69) is 10.3 Å². The molecule has 0 radical (unpaired) electrons. The van der Waals surface area contributed by atoms with E-state index in [1.165, 1.54) is 0 Å². The number of nitrogens with zero attached hydrogens (tertiary/aromatic N) is 1. The van der Waals surface area contributed by atoms with Gasteiger partial charge in [-0.1, -0.05) is 29.8 Å². The van der Waals surface area contributed by atoms with Gasteiger partial charge >= 0.3 is 0 Å². The van der Waals surface area contributed by atoms with Crippen molar-refractivity contribution >= 4 is 17.5 Å². The van der Waals surface area contributed by atoms with E-state index in [0.29, 0.717) is 18.0 Å². The number of pyridine rings is 1. The van der Waals surface area contributed by atoms with E-state index in [-0.39, 0.29) is 18.4 Å². The maximum Gasteiger partial charge on any atom is 0.230 e. The molecule has 126 valence electrons. The first-order valence-electron chi connectivity index (χ1n) is 8.19. The fourth-order valence-electron chi connectivity index (χ4n) is 2.98. The van der Waals surface area contributed by atoms with Gasteiger partial charge < -0.3 is 10.4 Å². The smallest absolute Gasteiger partial charge is 0.230 e. The minimum atomic E-state index is -0.449. The molecule has 2 aromatic rings. The summed E-state index contributed by atoms with van der Waals surface area (Å²) in [5.41, 5.74) is 1.44. The fourth-order valence-corrected chi connectivity index (χ4v) is 3.17. The highest BCUT2D eigenvalue weighted by molar-refractivity contribution is 6.30. The van der Waals surface area contributed by atoms with Crippen LogP contribution in [0.15, 0.2) is 48.7 Å². The van der Waals surface area contributed by atoms with Gasteiger partial charge in [-0.3, -0.25) is 9.78 Å². The first-order valence-corrected chi connectivity index (χ1v) is 8.57. The molecule has 1 aliphatic rings. The quantitative estimate of drug-likeness (QED) is 0.811. The number of carbonyl (C=O) groups is 1. The highest BCUT2D eigenvalue weighted by Crippen LogP contribution is 2.48. The van der Waals surface area contributed by atoms with Gasteiger partial charge in [0.2, 0.25) is 5.91 Å². The summed E-state index contributed by atoms with van der Waals surface area (Å²) >= 11 is 6.05. The molecule has 0 aliphatic heterocycles. The van der Waals surface area contributed by atoms with E-state index < -0.39 is 5.41 Å². The SMILES string of the molecule is O=C(NCC(CO)Cc1ccccn1)C1(c2cccc(Cl)c2)CC1. The van der Waals surface area contributed by atoms with Crippen LogP contribution in [0.4, 0.5) is 0 Å². The van der Waals surface area contributed by atoms with Crippen LogP contribution >= 0.6 is 11.6 Å². The average Bonchev–Trinajstić information content (AvgIpc) is 3.41. The summed E-state index contributed by atoms with van der Waals surface area (Å²) in [6.07, 6.45) is 4.05. The molecule has 1 aromatic heterocycles. The van der Waals surface area contributed by atoms with Crippen molar-refractivity contribution in [2.75, 3.05) is 13.2 Å². The molecule has 1 heterocycles. The summed E-state index contributed by atoms with van der Waals surface area (Å²) < 4.78 is 0. The lowest BCUT2D eigenvalue weighted by molar-refractivity contribution is -0.123. The van der Waals surface area contributed by atoms with Crippen molar-refractivity contribution in [3.63, 3.8) is 0 Å². The van der Waals surface area contributed by atoms with Gasteiger partial charge in [0.25, 0.3) is 0 Å². The van der Waals surface area contributed by atoms with Gasteiger partial charge in [-0.05, 0) is 49.1 Å². The number of benzene rings is 1. The molecule has 4 nitrogen and oxygen atoms in total. The highest BCUT2D eigenvalue weighted by Gasteiger charge is 2.51. The van der Waals surface area contributed by atoms with Crippen LogP contribution in [0, 0.1) is 5.92 Å². The van der Waals surface area contributed by atoms with Crippen molar-refractivity contribution in [1.82, 2.24) is 10.3 Å². The molecule has 3 rings (SSSR count). The third-order valence-electron chi connectivity index (χ3n) is 4.60. The Morgan fingerprint density at radius 1 is 1.29 bits per heavy atom. The largest absolute Gasteiger partial charge is 0.396 e. The third-order valence-corrected chi connectivity index (χ3v) is 4.83. The lowest BCUT2D eigenvalue weighted by atomic mass is 9.94. The second-order valence-corrected chi connectivity index (χ2v) is 6.81. The van der Waals surface area contributed by atoms with Gasteiger partial charge in [0.1, 0.15) is 0 Å². The number of hydrogen-bond acceptors (Lipinski definition) is 3. The normalized spacial score (nSPS) is 16.4. The van der Waals surface area contributed by atoms with E-state index in [1.807, 2.05) is 42.5 Å². The monoisotopic (exact) mass is 344 g/mol. The Morgan fingerprint density at radius 3 is 2.75 bits per heavy atom. The Bertz CT molecular complexity index is 702. The minimum Gasteiger partial charge on any atom is -0.396 e. The molecule has 5 heteroatoms. The highest BCUT2D eigenvalue weighted by atomic mass is 35.5.